The summed E-state index contributed by atoms with van der Waals surface area (Å²) in [6, 6.07) is 0.0999. The van der Waals surface area contributed by atoms with Crippen LogP contribution in [0.1, 0.15) is 6.42 Å². The van der Waals surface area contributed by atoms with Crippen LogP contribution in [-0.4, -0.2) is 55.2 Å². The summed E-state index contributed by atoms with van der Waals surface area (Å²) in [5, 5.41) is 0. The smallest absolute Gasteiger partial charge is 0.125 e. The van der Waals surface area contributed by atoms with Crippen LogP contribution in [0.15, 0.2) is 43.9 Å². The zero-order chi connectivity index (χ0) is 12.2. The highest BCUT2D eigenvalue weighted by Gasteiger charge is 2.26. The molecule has 0 radical (unpaired) electrons. The normalized spacial score (nSPS) is 29.8. The molecule has 0 saturated heterocycles. The van der Waals surface area contributed by atoms with E-state index >= 15 is 0 Å². The molecule has 0 spiro atoms. The van der Waals surface area contributed by atoms with E-state index in [0.717, 1.165) is 12.1 Å². The summed E-state index contributed by atoms with van der Waals surface area (Å²) in [6.45, 7) is 1.36. The molecule has 0 bridgehead atoms. The topological polar surface area (TPSA) is 52.7 Å². The second-order valence-electron chi connectivity index (χ2n) is 4.31. The van der Waals surface area contributed by atoms with Gasteiger partial charge in [-0.2, -0.15) is 0 Å². The lowest BCUT2D eigenvalue weighted by Gasteiger charge is -2.35. The molecule has 3 aliphatic rings. The summed E-state index contributed by atoms with van der Waals surface area (Å²) in [7, 11) is 0. The van der Waals surface area contributed by atoms with Crippen molar-refractivity contribution in [1.82, 2.24) is 4.90 Å². The van der Waals surface area contributed by atoms with Crippen molar-refractivity contribution in [2.24, 2.45) is 20.0 Å². The Kier molecular flexibility index (Phi) is 3.12. The number of aliphatic imine (C=N–C) groups is 4. The first-order valence-corrected chi connectivity index (χ1v) is 6.12. The summed E-state index contributed by atoms with van der Waals surface area (Å²) < 4.78 is 0. The van der Waals surface area contributed by atoms with Gasteiger partial charge in [0.05, 0.1) is 6.54 Å². The van der Waals surface area contributed by atoms with Gasteiger partial charge < -0.3 is 4.90 Å². The average Bonchev–Trinajstić information content (AvgIpc) is 2.49. The third kappa shape index (κ3) is 2.16. The summed E-state index contributed by atoms with van der Waals surface area (Å²) in [5.74, 6) is 0. The Balaban J connectivity index is 1.81. The maximum Gasteiger partial charge on any atom is 0.125 e. The first kappa shape index (κ1) is 11.1. The van der Waals surface area contributed by atoms with Gasteiger partial charge in [0.25, 0.3) is 0 Å². The van der Waals surface area contributed by atoms with E-state index in [1.165, 1.54) is 0 Å². The Morgan fingerprint density at radius 1 is 1.06 bits per heavy atom. The van der Waals surface area contributed by atoms with Gasteiger partial charge in [-0.05, 0) is 12.2 Å². The molecule has 92 valence electrons. The average molecular weight is 241 g/mol. The molecule has 0 saturated carbocycles. The molecule has 0 fully saturated rings. The van der Waals surface area contributed by atoms with E-state index in [1.807, 2.05) is 24.6 Å². The molecule has 5 nitrogen and oxygen atoms in total. The van der Waals surface area contributed by atoms with E-state index in [0.29, 0.717) is 13.2 Å². The van der Waals surface area contributed by atoms with E-state index < -0.39 is 0 Å². The standard InChI is InChI=1S/C13H15N5/c1-2-5-17-13(3-1)18-10-15-6-4-12(18)11-9-14-7-8-16-11/h1-2,4-8,11,13H,3,9-10H2. The zero-order valence-corrected chi connectivity index (χ0v) is 10.1. The van der Waals surface area contributed by atoms with Crippen molar-refractivity contribution in [3.8, 4) is 0 Å². The molecule has 0 aromatic heterocycles. The molecule has 3 aliphatic heterocycles. The molecule has 3 heterocycles. The predicted molar refractivity (Wildman–Crippen MR) is 75.0 cm³/mol. The molecule has 0 amide bonds. The number of hydrogen-bond acceptors (Lipinski definition) is 5. The van der Waals surface area contributed by atoms with Crippen LogP contribution in [0.2, 0.25) is 0 Å². The van der Waals surface area contributed by atoms with Gasteiger partial charge in [0.15, 0.2) is 0 Å². The number of dihydropyridines is 1. The Labute approximate surface area is 106 Å². The van der Waals surface area contributed by atoms with Gasteiger partial charge in [0.2, 0.25) is 0 Å². The third-order valence-corrected chi connectivity index (χ3v) is 3.16. The minimum Gasteiger partial charge on any atom is -0.331 e. The molecule has 5 heteroatoms. The highest BCUT2D eigenvalue weighted by Crippen LogP contribution is 2.22. The van der Waals surface area contributed by atoms with Gasteiger partial charge in [-0.3, -0.25) is 20.0 Å². The molecule has 0 aromatic carbocycles. The third-order valence-electron chi connectivity index (χ3n) is 3.16. The van der Waals surface area contributed by atoms with E-state index in [2.05, 4.69) is 30.9 Å². The molecule has 0 N–H and O–H groups in total. The summed E-state index contributed by atoms with van der Waals surface area (Å²) >= 11 is 0. The maximum atomic E-state index is 4.51. The van der Waals surface area contributed by atoms with Crippen molar-refractivity contribution < 1.29 is 0 Å². The van der Waals surface area contributed by atoms with Crippen molar-refractivity contribution in [3.63, 3.8) is 0 Å². The van der Waals surface area contributed by atoms with E-state index in [1.54, 1.807) is 12.4 Å². The summed E-state index contributed by atoms with van der Waals surface area (Å²) in [5.41, 5.74) is 1.16. The molecule has 3 rings (SSSR count). The van der Waals surface area contributed by atoms with E-state index in [9.17, 15) is 0 Å². The van der Waals surface area contributed by atoms with Crippen LogP contribution < -0.4 is 0 Å². The minimum atomic E-state index is 0.0999. The predicted octanol–water partition coefficient (Wildman–Crippen LogP) is 1.09. The van der Waals surface area contributed by atoms with Crippen LogP contribution >= 0.6 is 0 Å². The fraction of sp³-hybridized carbons (Fsp3) is 0.385. The Morgan fingerprint density at radius 2 is 2.06 bits per heavy atom. The van der Waals surface area contributed by atoms with Crippen LogP contribution in [-0.2, 0) is 0 Å². The lowest BCUT2D eigenvalue weighted by atomic mass is 10.1. The van der Waals surface area contributed by atoms with E-state index in [-0.39, 0.29) is 12.2 Å². The fourth-order valence-corrected chi connectivity index (χ4v) is 2.26. The minimum absolute atomic E-state index is 0.0999. The molecule has 2 unspecified atom stereocenters. The van der Waals surface area contributed by atoms with Crippen molar-refractivity contribution in [3.05, 3.63) is 23.9 Å². The largest absolute Gasteiger partial charge is 0.331 e. The van der Waals surface area contributed by atoms with Gasteiger partial charge in [0, 0.05) is 37.0 Å². The SMILES string of the molecule is C1=CCC(N2CN=CC=C2C2CN=CC=N2)N=C1. The second kappa shape index (κ2) is 5.08. The number of nitrogens with zero attached hydrogens (tertiary/aromatic N) is 5. The van der Waals surface area contributed by atoms with E-state index in [4.69, 9.17) is 0 Å². The first-order chi connectivity index (χ1) is 8.95. The van der Waals surface area contributed by atoms with Crippen LogP contribution in [0.3, 0.4) is 0 Å². The lowest BCUT2D eigenvalue weighted by Crippen LogP contribution is -2.40. The second-order valence-corrected chi connectivity index (χ2v) is 4.31. The highest BCUT2D eigenvalue weighted by atomic mass is 15.3. The van der Waals surface area contributed by atoms with Crippen molar-refractivity contribution >= 4 is 24.9 Å². The lowest BCUT2D eigenvalue weighted by molar-refractivity contribution is 0.250. The van der Waals surface area contributed by atoms with Gasteiger partial charge in [-0.25, -0.2) is 0 Å². The zero-order valence-electron chi connectivity index (χ0n) is 10.1. The van der Waals surface area contributed by atoms with Crippen molar-refractivity contribution in [1.29, 1.82) is 0 Å². The van der Waals surface area contributed by atoms with Crippen molar-refractivity contribution in [2.75, 3.05) is 13.2 Å². The molecule has 18 heavy (non-hydrogen) atoms. The summed E-state index contributed by atoms with van der Waals surface area (Å²) in [6.07, 6.45) is 14.4. The van der Waals surface area contributed by atoms with Crippen LogP contribution in [0.5, 0.6) is 0 Å². The van der Waals surface area contributed by atoms with Gasteiger partial charge >= 0.3 is 0 Å². The van der Waals surface area contributed by atoms with Gasteiger partial charge in [0.1, 0.15) is 18.9 Å². The first-order valence-electron chi connectivity index (χ1n) is 6.12. The van der Waals surface area contributed by atoms with Crippen LogP contribution in [0, 0.1) is 0 Å². The molecule has 2 atom stereocenters. The Hall–Kier alpha value is -2.04. The van der Waals surface area contributed by atoms with Crippen LogP contribution in [0.4, 0.5) is 0 Å². The highest BCUT2D eigenvalue weighted by molar-refractivity contribution is 6.16. The molecular weight excluding hydrogens is 226 g/mol. The van der Waals surface area contributed by atoms with Gasteiger partial charge in [-0.1, -0.05) is 6.08 Å². The van der Waals surface area contributed by atoms with Crippen LogP contribution in [0.25, 0.3) is 0 Å². The van der Waals surface area contributed by atoms with Crippen molar-refractivity contribution in [2.45, 2.75) is 18.6 Å². The maximum absolute atomic E-state index is 4.51. The summed E-state index contributed by atoms with van der Waals surface area (Å²) in [4.78, 5) is 19.8. The molecular formula is C13H15N5. The number of allylic oxidation sites excluding steroid dienone is 2. The quantitative estimate of drug-likeness (QED) is 0.714. The molecule has 0 aromatic rings. The van der Waals surface area contributed by atoms with Gasteiger partial charge in [-0.15, -0.1) is 0 Å². The Morgan fingerprint density at radius 3 is 2.83 bits per heavy atom. The number of rotatable bonds is 2. The monoisotopic (exact) mass is 241 g/mol. The molecule has 0 aliphatic carbocycles. The fourth-order valence-electron chi connectivity index (χ4n) is 2.26. The Bertz CT molecular complexity index is 484. The number of hydrogen-bond donors (Lipinski definition) is 0.